The first kappa shape index (κ1) is 14.2. The Labute approximate surface area is 107 Å². The third kappa shape index (κ3) is 3.56. The first-order valence-corrected chi connectivity index (χ1v) is 5.97. The highest BCUT2D eigenvalue weighted by Gasteiger charge is 2.16. The quantitative estimate of drug-likeness (QED) is 0.822. The van der Waals surface area contributed by atoms with Crippen molar-refractivity contribution in [3.05, 3.63) is 35.1 Å². The Kier molecular flexibility index (Phi) is 4.85. The van der Waals surface area contributed by atoms with Crippen molar-refractivity contribution in [1.82, 2.24) is 4.90 Å². The van der Waals surface area contributed by atoms with Gasteiger partial charge in [0, 0.05) is 18.7 Å². The first-order chi connectivity index (χ1) is 8.47. The van der Waals surface area contributed by atoms with Gasteiger partial charge in [-0.25, -0.2) is 4.39 Å². The van der Waals surface area contributed by atoms with Gasteiger partial charge in [0.05, 0.1) is 11.6 Å². The fraction of sp³-hybridized carbons (Fsp3) is 0.429. The summed E-state index contributed by atoms with van der Waals surface area (Å²) in [6.45, 7) is 7.10. The van der Waals surface area contributed by atoms with E-state index in [1.54, 1.807) is 4.90 Å². The van der Waals surface area contributed by atoms with Crippen LogP contribution in [0.15, 0.2) is 18.2 Å². The largest absolute Gasteiger partial charge is 0.339 e. The van der Waals surface area contributed by atoms with E-state index in [-0.39, 0.29) is 17.0 Å². The Morgan fingerprint density at radius 2 is 2.11 bits per heavy atom. The molecule has 0 fully saturated rings. The molecule has 0 radical (unpaired) electrons. The van der Waals surface area contributed by atoms with Crippen LogP contribution in [0.4, 0.5) is 4.39 Å². The lowest BCUT2D eigenvalue weighted by molar-refractivity contribution is 0.0745. The molecular weight excluding hydrogens is 231 g/mol. The molecule has 1 aromatic carbocycles. The molecule has 0 N–H and O–H groups in total. The van der Waals surface area contributed by atoms with E-state index in [0.717, 1.165) is 6.07 Å². The summed E-state index contributed by atoms with van der Waals surface area (Å²) < 4.78 is 13.3. The minimum absolute atomic E-state index is 0.166. The van der Waals surface area contributed by atoms with Crippen molar-refractivity contribution in [3.63, 3.8) is 0 Å². The van der Waals surface area contributed by atoms with Crippen LogP contribution in [-0.4, -0.2) is 23.9 Å². The average Bonchev–Trinajstić information content (AvgIpc) is 2.34. The Morgan fingerprint density at radius 3 is 2.61 bits per heavy atom. The third-order valence-electron chi connectivity index (χ3n) is 2.53. The van der Waals surface area contributed by atoms with Crippen LogP contribution in [-0.2, 0) is 0 Å². The van der Waals surface area contributed by atoms with E-state index < -0.39 is 5.82 Å². The first-order valence-electron chi connectivity index (χ1n) is 5.97. The lowest BCUT2D eigenvalue weighted by atomic mass is 10.1. The number of amides is 1. The van der Waals surface area contributed by atoms with Gasteiger partial charge in [0.2, 0.25) is 0 Å². The van der Waals surface area contributed by atoms with Crippen LogP contribution in [0.1, 0.15) is 36.7 Å². The monoisotopic (exact) mass is 248 g/mol. The standard InChI is InChI=1S/C14H17FN2O/c1-4-17(9-10(2)3)14(18)12-5-11(8-16)6-13(15)7-12/h5-7,10H,4,9H2,1-3H3. The molecule has 0 spiro atoms. The Bertz CT molecular complexity index is 477. The van der Waals surface area contributed by atoms with Gasteiger partial charge in [0.15, 0.2) is 0 Å². The summed E-state index contributed by atoms with van der Waals surface area (Å²) in [6, 6.07) is 5.57. The molecule has 0 aliphatic rings. The summed E-state index contributed by atoms with van der Waals surface area (Å²) in [6.07, 6.45) is 0. The number of hydrogen-bond acceptors (Lipinski definition) is 2. The van der Waals surface area contributed by atoms with Gasteiger partial charge < -0.3 is 4.90 Å². The molecule has 0 atom stereocenters. The van der Waals surface area contributed by atoms with Crippen LogP contribution in [0, 0.1) is 23.1 Å². The number of carbonyl (C=O) groups is 1. The summed E-state index contributed by atoms with van der Waals surface area (Å²) in [7, 11) is 0. The molecule has 4 heteroatoms. The maximum Gasteiger partial charge on any atom is 0.254 e. The molecule has 96 valence electrons. The van der Waals surface area contributed by atoms with Crippen LogP contribution in [0.2, 0.25) is 0 Å². The highest BCUT2D eigenvalue weighted by molar-refractivity contribution is 5.94. The van der Waals surface area contributed by atoms with Crippen molar-refractivity contribution in [3.8, 4) is 6.07 Å². The smallest absolute Gasteiger partial charge is 0.254 e. The molecule has 0 heterocycles. The fourth-order valence-electron chi connectivity index (χ4n) is 1.76. The van der Waals surface area contributed by atoms with Crippen LogP contribution in [0.25, 0.3) is 0 Å². The Balaban J connectivity index is 3.02. The molecule has 3 nitrogen and oxygen atoms in total. The van der Waals surface area contributed by atoms with Crippen LogP contribution in [0.5, 0.6) is 0 Å². The predicted octanol–water partition coefficient (Wildman–Crippen LogP) is 2.82. The van der Waals surface area contributed by atoms with E-state index in [1.807, 2.05) is 26.8 Å². The van der Waals surface area contributed by atoms with Gasteiger partial charge in [-0.15, -0.1) is 0 Å². The van der Waals surface area contributed by atoms with Crippen molar-refractivity contribution in [2.45, 2.75) is 20.8 Å². The zero-order valence-corrected chi connectivity index (χ0v) is 10.9. The van der Waals surface area contributed by atoms with Gasteiger partial charge in [-0.1, -0.05) is 13.8 Å². The molecule has 0 aliphatic carbocycles. The molecule has 1 aromatic rings. The van der Waals surface area contributed by atoms with Crippen molar-refractivity contribution >= 4 is 5.91 Å². The third-order valence-corrected chi connectivity index (χ3v) is 2.53. The number of nitriles is 1. The molecule has 18 heavy (non-hydrogen) atoms. The highest BCUT2D eigenvalue weighted by atomic mass is 19.1. The zero-order valence-electron chi connectivity index (χ0n) is 10.9. The van der Waals surface area contributed by atoms with Crippen molar-refractivity contribution < 1.29 is 9.18 Å². The second kappa shape index (κ2) is 6.15. The van der Waals surface area contributed by atoms with Gasteiger partial charge in [-0.3, -0.25) is 4.79 Å². The molecule has 0 saturated heterocycles. The molecule has 0 bridgehead atoms. The van der Waals surface area contributed by atoms with E-state index in [2.05, 4.69) is 0 Å². The van der Waals surface area contributed by atoms with E-state index in [9.17, 15) is 9.18 Å². The molecule has 0 saturated carbocycles. The number of carbonyl (C=O) groups excluding carboxylic acids is 1. The van der Waals surface area contributed by atoms with Gasteiger partial charge >= 0.3 is 0 Å². The minimum Gasteiger partial charge on any atom is -0.339 e. The maximum absolute atomic E-state index is 13.3. The number of hydrogen-bond donors (Lipinski definition) is 0. The van der Waals surface area contributed by atoms with E-state index in [1.165, 1.54) is 12.1 Å². The van der Waals surface area contributed by atoms with Crippen molar-refractivity contribution in [2.75, 3.05) is 13.1 Å². The van der Waals surface area contributed by atoms with Crippen LogP contribution >= 0.6 is 0 Å². The summed E-state index contributed by atoms with van der Waals surface area (Å²) in [5.74, 6) is -0.446. The highest BCUT2D eigenvalue weighted by Crippen LogP contribution is 2.12. The van der Waals surface area contributed by atoms with E-state index >= 15 is 0 Å². The van der Waals surface area contributed by atoms with Crippen LogP contribution in [0.3, 0.4) is 0 Å². The van der Waals surface area contributed by atoms with E-state index in [4.69, 9.17) is 5.26 Å². The predicted molar refractivity (Wildman–Crippen MR) is 67.5 cm³/mol. The van der Waals surface area contributed by atoms with Gasteiger partial charge in [-0.05, 0) is 31.0 Å². The molecule has 0 aromatic heterocycles. The molecular formula is C14H17FN2O. The number of benzene rings is 1. The molecule has 0 unspecified atom stereocenters. The zero-order chi connectivity index (χ0) is 13.7. The summed E-state index contributed by atoms with van der Waals surface area (Å²) in [4.78, 5) is 13.8. The lowest BCUT2D eigenvalue weighted by Crippen LogP contribution is -2.34. The lowest BCUT2D eigenvalue weighted by Gasteiger charge is -2.23. The van der Waals surface area contributed by atoms with Gasteiger partial charge in [-0.2, -0.15) is 5.26 Å². The fourth-order valence-corrected chi connectivity index (χ4v) is 1.76. The number of nitrogens with zero attached hydrogens (tertiary/aromatic N) is 2. The Morgan fingerprint density at radius 1 is 1.44 bits per heavy atom. The second-order valence-electron chi connectivity index (χ2n) is 4.58. The molecule has 1 amide bonds. The average molecular weight is 248 g/mol. The summed E-state index contributed by atoms with van der Waals surface area (Å²) in [5.41, 5.74) is 0.396. The minimum atomic E-state index is -0.557. The second-order valence-corrected chi connectivity index (χ2v) is 4.58. The van der Waals surface area contributed by atoms with E-state index in [0.29, 0.717) is 19.0 Å². The SMILES string of the molecule is CCN(CC(C)C)C(=O)c1cc(F)cc(C#N)c1. The topological polar surface area (TPSA) is 44.1 Å². The Hall–Kier alpha value is -1.89. The van der Waals surface area contributed by atoms with Gasteiger partial charge in [0.25, 0.3) is 5.91 Å². The summed E-state index contributed by atoms with van der Waals surface area (Å²) in [5, 5.41) is 8.77. The van der Waals surface area contributed by atoms with Gasteiger partial charge in [0.1, 0.15) is 5.82 Å². The maximum atomic E-state index is 13.3. The number of halogens is 1. The van der Waals surface area contributed by atoms with Crippen LogP contribution < -0.4 is 0 Å². The molecule has 0 aliphatic heterocycles. The number of rotatable bonds is 4. The van der Waals surface area contributed by atoms with Crippen molar-refractivity contribution in [1.29, 1.82) is 5.26 Å². The van der Waals surface area contributed by atoms with Crippen molar-refractivity contribution in [2.24, 2.45) is 5.92 Å². The summed E-state index contributed by atoms with van der Waals surface area (Å²) >= 11 is 0. The molecule has 1 rings (SSSR count). The normalized spacial score (nSPS) is 10.2.